The van der Waals surface area contributed by atoms with Crippen LogP contribution < -0.4 is 0 Å². The van der Waals surface area contributed by atoms with Crippen molar-refractivity contribution in [3.63, 3.8) is 0 Å². The average molecular weight is 199 g/mol. The molecule has 0 aromatic rings. The standard InChI is InChI=1S/C11H21NO2/c1-10(14-3)7-12(8-10)9-5-4-6-11(9,2)13/h9,13H,4-8H2,1-3H3. The molecule has 2 atom stereocenters. The third-order valence-electron chi connectivity index (χ3n) is 3.89. The molecule has 1 N–H and O–H groups in total. The van der Waals surface area contributed by atoms with Crippen LogP contribution in [0, 0.1) is 0 Å². The van der Waals surface area contributed by atoms with E-state index in [1.165, 1.54) is 0 Å². The van der Waals surface area contributed by atoms with Gasteiger partial charge in [0.2, 0.25) is 0 Å². The summed E-state index contributed by atoms with van der Waals surface area (Å²) in [5.74, 6) is 0. The van der Waals surface area contributed by atoms with Crippen molar-refractivity contribution < 1.29 is 9.84 Å². The average Bonchev–Trinajstić information content (AvgIpc) is 2.39. The molecule has 2 aliphatic rings. The van der Waals surface area contributed by atoms with Crippen molar-refractivity contribution in [1.29, 1.82) is 0 Å². The van der Waals surface area contributed by atoms with Gasteiger partial charge in [-0.05, 0) is 33.1 Å². The predicted molar refractivity (Wildman–Crippen MR) is 55.2 cm³/mol. The molecule has 0 radical (unpaired) electrons. The zero-order valence-electron chi connectivity index (χ0n) is 9.42. The molecule has 1 aliphatic carbocycles. The summed E-state index contributed by atoms with van der Waals surface area (Å²) in [6, 6.07) is 0.353. The van der Waals surface area contributed by atoms with Crippen LogP contribution in [0.15, 0.2) is 0 Å². The maximum absolute atomic E-state index is 10.2. The zero-order chi connectivity index (χ0) is 10.4. The minimum atomic E-state index is -0.477. The van der Waals surface area contributed by atoms with Gasteiger partial charge in [0.1, 0.15) is 0 Å². The van der Waals surface area contributed by atoms with Gasteiger partial charge in [-0.1, -0.05) is 0 Å². The van der Waals surface area contributed by atoms with Crippen LogP contribution >= 0.6 is 0 Å². The van der Waals surface area contributed by atoms with Crippen LogP contribution in [0.4, 0.5) is 0 Å². The SMILES string of the molecule is COC1(C)CN(C2CCCC2(C)O)C1. The fraction of sp³-hybridized carbons (Fsp3) is 1.00. The third-order valence-corrected chi connectivity index (χ3v) is 3.89. The lowest BCUT2D eigenvalue weighted by Gasteiger charge is -2.52. The van der Waals surface area contributed by atoms with Gasteiger partial charge < -0.3 is 9.84 Å². The van der Waals surface area contributed by atoms with Crippen LogP contribution in [0.5, 0.6) is 0 Å². The molecule has 0 aromatic heterocycles. The lowest BCUT2D eigenvalue weighted by molar-refractivity contribution is -0.151. The maximum Gasteiger partial charge on any atom is 0.0903 e. The summed E-state index contributed by atoms with van der Waals surface area (Å²) in [6.45, 7) is 6.02. The highest BCUT2D eigenvalue weighted by Crippen LogP contribution is 2.38. The molecule has 3 heteroatoms. The molecule has 1 aliphatic heterocycles. The molecule has 1 saturated carbocycles. The van der Waals surface area contributed by atoms with E-state index < -0.39 is 5.60 Å². The number of nitrogens with zero attached hydrogens (tertiary/aromatic N) is 1. The molecule has 14 heavy (non-hydrogen) atoms. The first-order valence-electron chi connectivity index (χ1n) is 5.48. The van der Waals surface area contributed by atoms with Gasteiger partial charge in [-0.25, -0.2) is 0 Å². The lowest BCUT2D eigenvalue weighted by atomic mass is 9.89. The van der Waals surface area contributed by atoms with Crippen molar-refractivity contribution in [2.75, 3.05) is 20.2 Å². The van der Waals surface area contributed by atoms with Crippen molar-refractivity contribution in [3.05, 3.63) is 0 Å². The van der Waals surface area contributed by atoms with Gasteiger partial charge in [0.15, 0.2) is 0 Å². The second-order valence-electron chi connectivity index (χ2n) is 5.32. The Bertz CT molecular complexity index is 221. The molecule has 3 nitrogen and oxygen atoms in total. The highest BCUT2D eigenvalue weighted by molar-refractivity contribution is 5.03. The van der Waals surface area contributed by atoms with Gasteiger partial charge in [-0.3, -0.25) is 4.90 Å². The molecular formula is C11H21NO2. The number of likely N-dealkylation sites (tertiary alicyclic amines) is 1. The van der Waals surface area contributed by atoms with Gasteiger partial charge >= 0.3 is 0 Å². The summed E-state index contributed by atoms with van der Waals surface area (Å²) in [5.41, 5.74) is -0.451. The van der Waals surface area contributed by atoms with E-state index >= 15 is 0 Å². The summed E-state index contributed by atoms with van der Waals surface area (Å²) in [5, 5.41) is 10.2. The molecule has 82 valence electrons. The molecule has 1 heterocycles. The van der Waals surface area contributed by atoms with Crippen molar-refractivity contribution >= 4 is 0 Å². The molecule has 0 bridgehead atoms. The van der Waals surface area contributed by atoms with Crippen LogP contribution in [0.25, 0.3) is 0 Å². The Hall–Kier alpha value is -0.120. The summed E-state index contributed by atoms with van der Waals surface area (Å²) >= 11 is 0. The largest absolute Gasteiger partial charge is 0.389 e. The van der Waals surface area contributed by atoms with Crippen molar-refractivity contribution in [2.24, 2.45) is 0 Å². The van der Waals surface area contributed by atoms with E-state index in [1.807, 2.05) is 6.92 Å². The van der Waals surface area contributed by atoms with E-state index in [-0.39, 0.29) is 5.60 Å². The van der Waals surface area contributed by atoms with Crippen molar-refractivity contribution in [2.45, 2.75) is 50.4 Å². The fourth-order valence-electron chi connectivity index (χ4n) is 2.87. The monoisotopic (exact) mass is 199 g/mol. The number of ether oxygens (including phenoxy) is 1. The first-order valence-corrected chi connectivity index (χ1v) is 5.48. The first-order chi connectivity index (χ1) is 6.47. The summed E-state index contributed by atoms with van der Waals surface area (Å²) < 4.78 is 5.41. The summed E-state index contributed by atoms with van der Waals surface area (Å²) in [6.07, 6.45) is 3.22. The van der Waals surface area contributed by atoms with E-state index in [1.54, 1.807) is 7.11 Å². The normalized spacial score (nSPS) is 42.4. The smallest absolute Gasteiger partial charge is 0.0903 e. The fourth-order valence-corrected chi connectivity index (χ4v) is 2.87. The van der Waals surface area contributed by atoms with Crippen LogP contribution in [-0.2, 0) is 4.74 Å². The third kappa shape index (κ3) is 1.58. The van der Waals surface area contributed by atoms with Gasteiger partial charge in [0.25, 0.3) is 0 Å². The molecule has 0 amide bonds. The van der Waals surface area contributed by atoms with E-state index in [2.05, 4.69) is 11.8 Å². The molecule has 2 unspecified atom stereocenters. The first kappa shape index (κ1) is 10.4. The zero-order valence-corrected chi connectivity index (χ0v) is 9.42. The van der Waals surface area contributed by atoms with E-state index in [0.717, 1.165) is 32.4 Å². The van der Waals surface area contributed by atoms with E-state index in [9.17, 15) is 5.11 Å². The van der Waals surface area contributed by atoms with Gasteiger partial charge in [0, 0.05) is 26.2 Å². The topological polar surface area (TPSA) is 32.7 Å². The number of rotatable bonds is 2. The summed E-state index contributed by atoms with van der Waals surface area (Å²) in [4.78, 5) is 2.36. The van der Waals surface area contributed by atoms with E-state index in [4.69, 9.17) is 4.74 Å². The van der Waals surface area contributed by atoms with Gasteiger partial charge in [-0.15, -0.1) is 0 Å². The Morgan fingerprint density at radius 3 is 2.43 bits per heavy atom. The van der Waals surface area contributed by atoms with Crippen molar-refractivity contribution in [1.82, 2.24) is 4.90 Å². The maximum atomic E-state index is 10.2. The number of aliphatic hydroxyl groups is 1. The van der Waals surface area contributed by atoms with Gasteiger partial charge in [0.05, 0.1) is 11.2 Å². The van der Waals surface area contributed by atoms with Gasteiger partial charge in [-0.2, -0.15) is 0 Å². The quantitative estimate of drug-likeness (QED) is 0.720. The molecule has 0 aromatic carbocycles. The Balaban J connectivity index is 1.93. The predicted octanol–water partition coefficient (Wildman–Crippen LogP) is 1.01. The molecule has 1 saturated heterocycles. The summed E-state index contributed by atoms with van der Waals surface area (Å²) in [7, 11) is 1.77. The van der Waals surface area contributed by atoms with Crippen LogP contribution in [0.1, 0.15) is 33.1 Å². The minimum absolute atomic E-state index is 0.0265. The Morgan fingerprint density at radius 1 is 1.36 bits per heavy atom. The molecule has 2 rings (SSSR count). The number of hydrogen-bond acceptors (Lipinski definition) is 3. The van der Waals surface area contributed by atoms with Crippen LogP contribution in [0.3, 0.4) is 0 Å². The van der Waals surface area contributed by atoms with E-state index in [0.29, 0.717) is 6.04 Å². The van der Waals surface area contributed by atoms with Crippen LogP contribution in [0.2, 0.25) is 0 Å². The second-order valence-corrected chi connectivity index (χ2v) is 5.32. The molecular weight excluding hydrogens is 178 g/mol. The highest BCUT2D eigenvalue weighted by atomic mass is 16.5. The Labute approximate surface area is 86.0 Å². The second kappa shape index (κ2) is 3.19. The molecule has 2 fully saturated rings. The van der Waals surface area contributed by atoms with Crippen LogP contribution in [-0.4, -0.2) is 47.4 Å². The Morgan fingerprint density at radius 2 is 2.00 bits per heavy atom. The highest BCUT2D eigenvalue weighted by Gasteiger charge is 2.49. The molecule has 0 spiro atoms. The number of hydrogen-bond donors (Lipinski definition) is 1. The Kier molecular flexibility index (Phi) is 2.37. The number of methoxy groups -OCH3 is 1. The minimum Gasteiger partial charge on any atom is -0.389 e. The lowest BCUT2D eigenvalue weighted by Crippen LogP contribution is -2.66. The van der Waals surface area contributed by atoms with Crippen molar-refractivity contribution in [3.8, 4) is 0 Å².